The average molecular weight is 427 g/mol. The molecule has 0 atom stereocenters. The molecule has 30 heavy (non-hydrogen) atoms. The Bertz CT molecular complexity index is 280. The first-order valence-electron chi connectivity index (χ1n) is 13.7. The summed E-state index contributed by atoms with van der Waals surface area (Å²) in [6, 6.07) is 0. The van der Waals surface area contributed by atoms with Crippen LogP contribution in [0.25, 0.3) is 0 Å². The maximum absolute atomic E-state index is 8.66. The molecule has 0 aliphatic heterocycles. The molecular formula is C28H58O2. The average Bonchev–Trinajstić information content (AvgIpc) is 2.76. The van der Waals surface area contributed by atoms with Crippen LogP contribution < -0.4 is 0 Å². The molecule has 0 heterocycles. The summed E-state index contributed by atoms with van der Waals surface area (Å²) < 4.78 is 0. The zero-order valence-corrected chi connectivity index (χ0v) is 21.0. The first-order valence-corrected chi connectivity index (χ1v) is 13.7. The van der Waals surface area contributed by atoms with Crippen molar-refractivity contribution in [2.24, 2.45) is 0 Å². The van der Waals surface area contributed by atoms with Crippen molar-refractivity contribution in [3.05, 3.63) is 12.2 Å². The summed E-state index contributed by atoms with van der Waals surface area (Å²) in [6.07, 6.45) is 33.6. The Balaban J connectivity index is 0. The molecule has 2 N–H and O–H groups in total. The normalized spacial score (nSPS) is 11.1. The molecule has 0 bridgehead atoms. The molecule has 0 aliphatic carbocycles. The lowest BCUT2D eigenvalue weighted by Crippen LogP contribution is -1.83. The number of hydrogen-bond acceptors (Lipinski definition) is 2. The largest absolute Gasteiger partial charge is 0.396 e. The van der Waals surface area contributed by atoms with Crippen LogP contribution in [0.1, 0.15) is 155 Å². The van der Waals surface area contributed by atoms with Gasteiger partial charge in [0.05, 0.1) is 0 Å². The van der Waals surface area contributed by atoms with Crippen molar-refractivity contribution >= 4 is 0 Å². The van der Waals surface area contributed by atoms with Gasteiger partial charge >= 0.3 is 0 Å². The number of aliphatic hydroxyl groups excluding tert-OH is 2. The van der Waals surface area contributed by atoms with Crippen LogP contribution in [0.5, 0.6) is 0 Å². The van der Waals surface area contributed by atoms with Gasteiger partial charge in [-0.1, -0.05) is 129 Å². The van der Waals surface area contributed by atoms with Crippen LogP contribution in [0.15, 0.2) is 12.2 Å². The number of aliphatic hydroxyl groups is 2. The molecule has 2 heteroatoms. The Kier molecular flexibility index (Phi) is 35.3. The minimum atomic E-state index is 0.362. The Hall–Kier alpha value is -0.340. The lowest BCUT2D eigenvalue weighted by Gasteiger charge is -1.99. The summed E-state index contributed by atoms with van der Waals surface area (Å²) in [5, 5.41) is 17.2. The van der Waals surface area contributed by atoms with E-state index < -0.39 is 0 Å². The van der Waals surface area contributed by atoms with Gasteiger partial charge in [0.25, 0.3) is 0 Å². The van der Waals surface area contributed by atoms with Crippen molar-refractivity contribution in [2.75, 3.05) is 13.2 Å². The fourth-order valence-corrected chi connectivity index (χ4v) is 3.61. The molecule has 0 fully saturated rings. The number of rotatable bonds is 23. The third kappa shape index (κ3) is 35.1. The van der Waals surface area contributed by atoms with Crippen LogP contribution >= 0.6 is 0 Å². The molecule has 0 aromatic carbocycles. The third-order valence-electron chi connectivity index (χ3n) is 5.68. The Morgan fingerprint density at radius 1 is 0.367 bits per heavy atom. The van der Waals surface area contributed by atoms with Crippen molar-refractivity contribution < 1.29 is 10.2 Å². The van der Waals surface area contributed by atoms with Crippen molar-refractivity contribution in [3.8, 4) is 0 Å². The van der Waals surface area contributed by atoms with Crippen LogP contribution in [-0.4, -0.2) is 23.4 Å². The smallest absolute Gasteiger partial charge is 0.0431 e. The van der Waals surface area contributed by atoms with Crippen molar-refractivity contribution in [3.63, 3.8) is 0 Å². The number of allylic oxidation sites excluding steroid dienone is 2. The molecule has 0 rings (SSSR count). The molecular weight excluding hydrogens is 368 g/mol. The lowest BCUT2D eigenvalue weighted by molar-refractivity contribution is 0.282. The molecule has 2 nitrogen and oxygen atoms in total. The van der Waals surface area contributed by atoms with Crippen LogP contribution in [0.2, 0.25) is 0 Å². The summed E-state index contributed by atoms with van der Waals surface area (Å²) in [4.78, 5) is 0. The van der Waals surface area contributed by atoms with Gasteiger partial charge in [0.1, 0.15) is 0 Å². The highest BCUT2D eigenvalue weighted by molar-refractivity contribution is 4.81. The Morgan fingerprint density at radius 2 is 0.633 bits per heavy atom. The molecule has 0 amide bonds. The van der Waals surface area contributed by atoms with Crippen LogP contribution in [0, 0.1) is 0 Å². The third-order valence-corrected chi connectivity index (χ3v) is 5.68. The van der Waals surface area contributed by atoms with Gasteiger partial charge < -0.3 is 10.2 Å². The first-order chi connectivity index (χ1) is 14.8. The van der Waals surface area contributed by atoms with E-state index in [-0.39, 0.29) is 0 Å². The fraction of sp³-hybridized carbons (Fsp3) is 0.929. The van der Waals surface area contributed by atoms with E-state index in [1.165, 1.54) is 128 Å². The van der Waals surface area contributed by atoms with E-state index in [0.29, 0.717) is 13.2 Å². The summed E-state index contributed by atoms with van der Waals surface area (Å²) in [5.74, 6) is 0. The van der Waals surface area contributed by atoms with E-state index in [0.717, 1.165) is 12.8 Å². The second kappa shape index (κ2) is 33.3. The highest BCUT2D eigenvalue weighted by Gasteiger charge is 1.91. The first kappa shape index (κ1) is 31.8. The second-order valence-corrected chi connectivity index (χ2v) is 8.86. The maximum Gasteiger partial charge on any atom is 0.0431 e. The van der Waals surface area contributed by atoms with Gasteiger partial charge in [0, 0.05) is 13.2 Å². The lowest BCUT2D eigenvalue weighted by atomic mass is 10.1. The quantitative estimate of drug-likeness (QED) is 0.126. The van der Waals surface area contributed by atoms with Gasteiger partial charge in [-0.2, -0.15) is 0 Å². The Labute approximate surface area is 190 Å². The van der Waals surface area contributed by atoms with Gasteiger partial charge in [0.15, 0.2) is 0 Å². The summed E-state index contributed by atoms with van der Waals surface area (Å²) >= 11 is 0. The van der Waals surface area contributed by atoms with Crippen molar-refractivity contribution in [1.29, 1.82) is 0 Å². The van der Waals surface area contributed by atoms with Gasteiger partial charge in [-0.3, -0.25) is 0 Å². The Morgan fingerprint density at radius 3 is 0.933 bits per heavy atom. The molecule has 0 aromatic heterocycles. The summed E-state index contributed by atoms with van der Waals surface area (Å²) in [5.41, 5.74) is 0. The zero-order chi connectivity index (χ0) is 22.4. The number of hydrogen-bond donors (Lipinski definition) is 2. The van der Waals surface area contributed by atoms with E-state index in [1.807, 2.05) is 0 Å². The molecule has 0 aromatic rings. The zero-order valence-electron chi connectivity index (χ0n) is 21.0. The molecule has 0 unspecified atom stereocenters. The molecule has 0 saturated heterocycles. The second-order valence-electron chi connectivity index (χ2n) is 8.86. The van der Waals surface area contributed by atoms with Gasteiger partial charge in [-0.15, -0.1) is 0 Å². The van der Waals surface area contributed by atoms with Crippen LogP contribution in [0.4, 0.5) is 0 Å². The SMILES string of the molecule is CCCCCCCCC=CCCCCCCCCO.CCCCCCCCCCO. The van der Waals surface area contributed by atoms with Crippen LogP contribution in [-0.2, 0) is 0 Å². The van der Waals surface area contributed by atoms with E-state index in [1.54, 1.807) is 0 Å². The van der Waals surface area contributed by atoms with E-state index in [2.05, 4.69) is 26.0 Å². The van der Waals surface area contributed by atoms with Crippen LogP contribution in [0.3, 0.4) is 0 Å². The molecule has 0 radical (unpaired) electrons. The molecule has 0 spiro atoms. The minimum absolute atomic E-state index is 0.362. The highest BCUT2D eigenvalue weighted by Crippen LogP contribution is 2.10. The fourth-order valence-electron chi connectivity index (χ4n) is 3.61. The maximum atomic E-state index is 8.66. The predicted molar refractivity (Wildman–Crippen MR) is 136 cm³/mol. The predicted octanol–water partition coefficient (Wildman–Crippen LogP) is 9.14. The molecule has 182 valence electrons. The van der Waals surface area contributed by atoms with E-state index in [4.69, 9.17) is 10.2 Å². The monoisotopic (exact) mass is 426 g/mol. The number of unbranched alkanes of at least 4 members (excludes halogenated alkanes) is 19. The van der Waals surface area contributed by atoms with Gasteiger partial charge in [-0.25, -0.2) is 0 Å². The van der Waals surface area contributed by atoms with Gasteiger partial charge in [0.2, 0.25) is 0 Å². The molecule has 0 saturated carbocycles. The molecule has 0 aliphatic rings. The summed E-state index contributed by atoms with van der Waals surface area (Å²) in [7, 11) is 0. The van der Waals surface area contributed by atoms with Crippen molar-refractivity contribution in [1.82, 2.24) is 0 Å². The van der Waals surface area contributed by atoms with E-state index >= 15 is 0 Å². The van der Waals surface area contributed by atoms with Gasteiger partial charge in [-0.05, 0) is 38.5 Å². The summed E-state index contributed by atoms with van der Waals surface area (Å²) in [6.45, 7) is 5.25. The van der Waals surface area contributed by atoms with Crippen molar-refractivity contribution in [2.45, 2.75) is 155 Å². The highest BCUT2D eigenvalue weighted by atomic mass is 16.3. The topological polar surface area (TPSA) is 40.5 Å². The van der Waals surface area contributed by atoms with E-state index in [9.17, 15) is 0 Å². The standard InChI is InChI=1S/C18H36O.C10H22O/c1-2-3-4-5-6-7-8-9-10-11-12-13-14-15-16-17-18-19;1-2-3-4-5-6-7-8-9-10-11/h9-10,19H,2-8,11-18H2,1H3;11H,2-10H2,1H3. The minimum Gasteiger partial charge on any atom is -0.396 e.